The Morgan fingerprint density at radius 1 is 1.04 bits per heavy atom. The van der Waals surface area contributed by atoms with E-state index in [1.165, 1.54) is 19.3 Å². The molecule has 2 unspecified atom stereocenters. The molecule has 4 heteroatoms. The predicted octanol–water partition coefficient (Wildman–Crippen LogP) is 4.50. The Hall–Kier alpha value is -1.42. The van der Waals surface area contributed by atoms with Crippen LogP contribution in [0.3, 0.4) is 0 Å². The number of carbonyl (C=O) groups is 1. The zero-order valence-electron chi connectivity index (χ0n) is 14.5. The SMILES string of the molecule is CC12CC3CC(C)(C1)CC(C(=O)NC(=S)Nc1ccccc1)(C3)C2. The fraction of sp³-hybridized carbons (Fsp3) is 0.600. The zero-order valence-corrected chi connectivity index (χ0v) is 15.3. The summed E-state index contributed by atoms with van der Waals surface area (Å²) in [7, 11) is 0. The molecule has 4 aliphatic carbocycles. The molecule has 4 bridgehead atoms. The molecule has 1 aromatic carbocycles. The van der Waals surface area contributed by atoms with Gasteiger partial charge in [-0.15, -0.1) is 0 Å². The van der Waals surface area contributed by atoms with Crippen LogP contribution in [-0.2, 0) is 4.79 Å². The Bertz CT molecular complexity index is 668. The summed E-state index contributed by atoms with van der Waals surface area (Å²) in [6.45, 7) is 4.77. The molecule has 4 aliphatic rings. The summed E-state index contributed by atoms with van der Waals surface area (Å²) < 4.78 is 0. The molecule has 5 rings (SSSR count). The van der Waals surface area contributed by atoms with Crippen molar-refractivity contribution in [1.82, 2.24) is 5.32 Å². The van der Waals surface area contributed by atoms with Crippen LogP contribution in [-0.4, -0.2) is 11.0 Å². The maximum atomic E-state index is 13.1. The molecule has 0 radical (unpaired) electrons. The van der Waals surface area contributed by atoms with Crippen molar-refractivity contribution in [2.75, 3.05) is 5.32 Å². The Kier molecular flexibility index (Phi) is 3.54. The number of hydrogen-bond acceptors (Lipinski definition) is 2. The maximum absolute atomic E-state index is 13.1. The van der Waals surface area contributed by atoms with Gasteiger partial charge >= 0.3 is 0 Å². The molecule has 0 aliphatic heterocycles. The van der Waals surface area contributed by atoms with E-state index >= 15 is 0 Å². The highest BCUT2D eigenvalue weighted by Crippen LogP contribution is 2.69. The van der Waals surface area contributed by atoms with Crippen LogP contribution in [0.2, 0.25) is 0 Å². The quantitative estimate of drug-likeness (QED) is 0.778. The smallest absolute Gasteiger partial charge is 0.232 e. The fourth-order valence-corrected chi connectivity index (χ4v) is 6.83. The van der Waals surface area contributed by atoms with E-state index in [-0.39, 0.29) is 11.3 Å². The Labute approximate surface area is 149 Å². The molecule has 4 saturated carbocycles. The number of carbonyl (C=O) groups excluding carboxylic acids is 1. The van der Waals surface area contributed by atoms with Crippen molar-refractivity contribution >= 4 is 28.9 Å². The molecule has 0 saturated heterocycles. The molecule has 3 nitrogen and oxygen atoms in total. The van der Waals surface area contributed by atoms with Gasteiger partial charge in [0, 0.05) is 5.69 Å². The van der Waals surface area contributed by atoms with Gasteiger partial charge in [-0.2, -0.15) is 0 Å². The Balaban J connectivity index is 1.49. The second-order valence-corrected chi connectivity index (χ2v) is 9.59. The molecular formula is C20H26N2OS. The number of amides is 1. The summed E-state index contributed by atoms with van der Waals surface area (Å²) in [6.07, 6.45) is 6.95. The second-order valence-electron chi connectivity index (χ2n) is 9.18. The molecule has 2 atom stereocenters. The van der Waals surface area contributed by atoms with Crippen molar-refractivity contribution < 1.29 is 4.79 Å². The molecule has 0 spiro atoms. The van der Waals surface area contributed by atoms with Crippen LogP contribution in [0.25, 0.3) is 0 Å². The van der Waals surface area contributed by atoms with E-state index in [0.717, 1.165) is 24.9 Å². The lowest BCUT2D eigenvalue weighted by Gasteiger charge is -2.64. The van der Waals surface area contributed by atoms with Crippen LogP contribution in [0.4, 0.5) is 5.69 Å². The van der Waals surface area contributed by atoms with Gasteiger partial charge in [0.05, 0.1) is 5.41 Å². The number of para-hydroxylation sites is 1. The third-order valence-corrected chi connectivity index (χ3v) is 6.57. The minimum Gasteiger partial charge on any atom is -0.332 e. The van der Waals surface area contributed by atoms with Crippen molar-refractivity contribution in [3.05, 3.63) is 30.3 Å². The third kappa shape index (κ3) is 2.75. The highest BCUT2D eigenvalue weighted by atomic mass is 32.1. The van der Waals surface area contributed by atoms with Crippen LogP contribution in [0.5, 0.6) is 0 Å². The van der Waals surface area contributed by atoms with E-state index < -0.39 is 0 Å². The molecule has 4 fully saturated rings. The number of rotatable bonds is 2. The van der Waals surface area contributed by atoms with Crippen molar-refractivity contribution in [2.24, 2.45) is 22.2 Å². The lowest BCUT2D eigenvalue weighted by atomic mass is 9.40. The first kappa shape index (κ1) is 16.1. The van der Waals surface area contributed by atoms with E-state index in [0.29, 0.717) is 21.9 Å². The van der Waals surface area contributed by atoms with Crippen LogP contribution >= 0.6 is 12.2 Å². The minimum atomic E-state index is -0.217. The lowest BCUT2D eigenvalue weighted by Crippen LogP contribution is -2.60. The van der Waals surface area contributed by atoms with Crippen LogP contribution < -0.4 is 10.6 Å². The summed E-state index contributed by atoms with van der Waals surface area (Å²) in [6, 6.07) is 9.77. The molecule has 128 valence electrons. The number of hydrogen-bond donors (Lipinski definition) is 2. The van der Waals surface area contributed by atoms with E-state index in [2.05, 4.69) is 24.5 Å². The monoisotopic (exact) mass is 342 g/mol. The first-order chi connectivity index (χ1) is 11.3. The van der Waals surface area contributed by atoms with Crippen LogP contribution in [0, 0.1) is 22.2 Å². The third-order valence-electron chi connectivity index (χ3n) is 6.37. The van der Waals surface area contributed by atoms with Crippen molar-refractivity contribution in [3.63, 3.8) is 0 Å². The summed E-state index contributed by atoms with van der Waals surface area (Å²) in [5, 5.41) is 6.54. The predicted molar refractivity (Wildman–Crippen MR) is 101 cm³/mol. The Morgan fingerprint density at radius 3 is 2.25 bits per heavy atom. The van der Waals surface area contributed by atoms with Gasteiger partial charge in [0.2, 0.25) is 5.91 Å². The van der Waals surface area contributed by atoms with Crippen LogP contribution in [0.1, 0.15) is 52.4 Å². The van der Waals surface area contributed by atoms with E-state index in [1.807, 2.05) is 30.3 Å². The van der Waals surface area contributed by atoms with Gasteiger partial charge in [0.1, 0.15) is 0 Å². The van der Waals surface area contributed by atoms with Gasteiger partial charge in [0.15, 0.2) is 5.11 Å². The molecule has 2 N–H and O–H groups in total. The number of benzene rings is 1. The second kappa shape index (κ2) is 5.29. The van der Waals surface area contributed by atoms with Gasteiger partial charge in [-0.1, -0.05) is 32.0 Å². The first-order valence-electron chi connectivity index (χ1n) is 8.98. The normalized spacial score (nSPS) is 39.5. The highest BCUT2D eigenvalue weighted by Gasteiger charge is 2.62. The minimum absolute atomic E-state index is 0.137. The molecule has 24 heavy (non-hydrogen) atoms. The largest absolute Gasteiger partial charge is 0.332 e. The van der Waals surface area contributed by atoms with Gasteiger partial charge < -0.3 is 10.6 Å². The number of thiocarbonyl (C=S) groups is 1. The standard InChI is InChI=1S/C20H26N2OS/c1-18-8-14-9-19(2,11-18)13-20(10-14,12-18)16(23)22-17(24)21-15-6-4-3-5-7-15/h3-7,14H,8-13H2,1-2H3,(H2,21,22,23,24). The summed E-state index contributed by atoms with van der Waals surface area (Å²) in [5.74, 6) is 0.843. The van der Waals surface area contributed by atoms with E-state index in [1.54, 1.807) is 0 Å². The van der Waals surface area contributed by atoms with Crippen molar-refractivity contribution in [3.8, 4) is 0 Å². The van der Waals surface area contributed by atoms with Gasteiger partial charge in [-0.05, 0) is 79.6 Å². The topological polar surface area (TPSA) is 41.1 Å². The first-order valence-corrected chi connectivity index (χ1v) is 9.38. The lowest BCUT2D eigenvalue weighted by molar-refractivity contribution is -0.168. The molecule has 1 aromatic rings. The fourth-order valence-electron chi connectivity index (χ4n) is 6.62. The zero-order chi connectivity index (χ0) is 17.0. The van der Waals surface area contributed by atoms with Crippen molar-refractivity contribution in [1.29, 1.82) is 0 Å². The summed E-state index contributed by atoms with van der Waals surface area (Å²) in [5.41, 5.74) is 1.36. The molecular weight excluding hydrogens is 316 g/mol. The average molecular weight is 343 g/mol. The average Bonchev–Trinajstić information content (AvgIpc) is 2.44. The number of anilines is 1. The molecule has 1 amide bonds. The molecule has 0 heterocycles. The molecule has 0 aromatic heterocycles. The van der Waals surface area contributed by atoms with E-state index in [4.69, 9.17) is 12.2 Å². The van der Waals surface area contributed by atoms with Crippen LogP contribution in [0.15, 0.2) is 30.3 Å². The summed E-state index contributed by atoms with van der Waals surface area (Å²) in [4.78, 5) is 13.1. The maximum Gasteiger partial charge on any atom is 0.232 e. The Morgan fingerprint density at radius 2 is 1.67 bits per heavy atom. The number of nitrogens with one attached hydrogen (secondary N) is 2. The van der Waals surface area contributed by atoms with Crippen molar-refractivity contribution in [2.45, 2.75) is 52.4 Å². The highest BCUT2D eigenvalue weighted by molar-refractivity contribution is 7.80. The van der Waals surface area contributed by atoms with E-state index in [9.17, 15) is 4.79 Å². The summed E-state index contributed by atoms with van der Waals surface area (Å²) >= 11 is 5.38. The van der Waals surface area contributed by atoms with Gasteiger partial charge in [-0.3, -0.25) is 4.79 Å². The van der Waals surface area contributed by atoms with Gasteiger partial charge in [-0.25, -0.2) is 0 Å². The van der Waals surface area contributed by atoms with Gasteiger partial charge in [0.25, 0.3) is 0 Å².